The van der Waals surface area contributed by atoms with Crippen LogP contribution in [-0.2, 0) is 11.3 Å². The van der Waals surface area contributed by atoms with Crippen molar-refractivity contribution in [3.05, 3.63) is 51.7 Å². The number of anilines is 1. The second kappa shape index (κ2) is 9.24. The minimum absolute atomic E-state index is 0.0136. The molecule has 1 amide bonds. The molecular weight excluding hydrogens is 386 g/mol. The van der Waals surface area contributed by atoms with Crippen LogP contribution < -0.4 is 9.64 Å². The molecule has 0 bridgehead atoms. The van der Waals surface area contributed by atoms with Gasteiger partial charge in [0.2, 0.25) is 0 Å². The minimum atomic E-state index is 0.0136. The Balaban J connectivity index is 1.98. The Bertz CT molecular complexity index is 1000. The highest BCUT2D eigenvalue weighted by Crippen LogP contribution is 2.27. The van der Waals surface area contributed by atoms with Crippen LogP contribution in [0, 0.1) is 6.92 Å². The van der Waals surface area contributed by atoms with Gasteiger partial charge in [0.15, 0.2) is 0 Å². The number of amides is 1. The third-order valence-corrected chi connectivity index (χ3v) is 5.66. The largest absolute Gasteiger partial charge is 0.497 e. The lowest BCUT2D eigenvalue weighted by Gasteiger charge is -2.25. The van der Waals surface area contributed by atoms with Gasteiger partial charge in [-0.2, -0.15) is 0 Å². The van der Waals surface area contributed by atoms with Gasteiger partial charge in [-0.05, 0) is 37.3 Å². The standard InChI is InChI=1S/C22H27N3O3S/c1-15-6-9-20(29-15)22(26)25(10-11-27-4)14-17-12-16-7-8-18(28-5)13-19(16)23-21(17)24(2)3/h6-9,12-13H,10-11,14H2,1-5H3. The van der Waals surface area contributed by atoms with Crippen LogP contribution in [0.2, 0.25) is 0 Å². The fourth-order valence-corrected chi connectivity index (χ4v) is 4.01. The second-order valence-corrected chi connectivity index (χ2v) is 8.34. The highest BCUT2D eigenvalue weighted by atomic mass is 32.1. The number of carbonyl (C=O) groups is 1. The number of thiophene rings is 1. The molecule has 0 fully saturated rings. The van der Waals surface area contributed by atoms with Crippen LogP contribution in [0.5, 0.6) is 5.75 Å². The van der Waals surface area contributed by atoms with Crippen molar-refractivity contribution in [1.82, 2.24) is 9.88 Å². The van der Waals surface area contributed by atoms with Gasteiger partial charge in [-0.15, -0.1) is 11.3 Å². The third-order valence-electron chi connectivity index (χ3n) is 4.67. The molecule has 6 nitrogen and oxygen atoms in total. The molecule has 0 atom stereocenters. The summed E-state index contributed by atoms with van der Waals surface area (Å²) < 4.78 is 10.6. The zero-order chi connectivity index (χ0) is 21.0. The highest BCUT2D eigenvalue weighted by molar-refractivity contribution is 7.13. The van der Waals surface area contributed by atoms with Crippen LogP contribution in [0.4, 0.5) is 5.82 Å². The van der Waals surface area contributed by atoms with E-state index in [0.29, 0.717) is 19.7 Å². The Kier molecular flexibility index (Phi) is 6.71. The van der Waals surface area contributed by atoms with Crippen LogP contribution in [0.3, 0.4) is 0 Å². The van der Waals surface area contributed by atoms with Gasteiger partial charge in [0.1, 0.15) is 11.6 Å². The molecule has 0 saturated carbocycles. The number of carbonyl (C=O) groups excluding carboxylic acids is 1. The number of nitrogens with zero attached hydrogens (tertiary/aromatic N) is 3. The van der Waals surface area contributed by atoms with Crippen molar-refractivity contribution in [2.24, 2.45) is 0 Å². The van der Waals surface area contributed by atoms with Crippen LogP contribution in [0.15, 0.2) is 36.4 Å². The SMILES string of the molecule is COCCN(Cc1cc2ccc(OC)cc2nc1N(C)C)C(=O)c1ccc(C)s1. The molecule has 0 spiro atoms. The molecule has 7 heteroatoms. The molecule has 2 aromatic heterocycles. The molecule has 3 aromatic rings. The van der Waals surface area contributed by atoms with Crippen molar-refractivity contribution in [2.75, 3.05) is 46.4 Å². The summed E-state index contributed by atoms with van der Waals surface area (Å²) in [4.78, 5) is 23.6. The fraction of sp³-hybridized carbons (Fsp3) is 0.364. The summed E-state index contributed by atoms with van der Waals surface area (Å²) in [7, 11) is 7.21. The summed E-state index contributed by atoms with van der Waals surface area (Å²) in [6.45, 7) is 3.46. The lowest BCUT2D eigenvalue weighted by Crippen LogP contribution is -2.33. The van der Waals surface area contributed by atoms with Crippen LogP contribution in [0.1, 0.15) is 20.1 Å². The number of pyridine rings is 1. The van der Waals surface area contributed by atoms with Crippen molar-refractivity contribution in [3.8, 4) is 5.75 Å². The van der Waals surface area contributed by atoms with Gasteiger partial charge in [0, 0.05) is 56.2 Å². The maximum atomic E-state index is 13.1. The molecule has 0 saturated heterocycles. The van der Waals surface area contributed by atoms with E-state index in [2.05, 4.69) is 6.07 Å². The molecule has 0 radical (unpaired) electrons. The smallest absolute Gasteiger partial charge is 0.264 e. The number of ether oxygens (including phenoxy) is 2. The van der Waals surface area contributed by atoms with E-state index in [1.807, 2.05) is 61.2 Å². The molecule has 29 heavy (non-hydrogen) atoms. The molecular formula is C22H27N3O3S. The van der Waals surface area contributed by atoms with Gasteiger partial charge in [0.25, 0.3) is 5.91 Å². The van der Waals surface area contributed by atoms with Gasteiger partial charge in [-0.25, -0.2) is 4.98 Å². The number of methoxy groups -OCH3 is 2. The topological polar surface area (TPSA) is 54.9 Å². The predicted molar refractivity (Wildman–Crippen MR) is 118 cm³/mol. The van der Waals surface area contributed by atoms with E-state index in [1.54, 1.807) is 14.2 Å². The number of aryl methyl sites for hydroxylation is 1. The van der Waals surface area contributed by atoms with E-state index in [9.17, 15) is 4.79 Å². The zero-order valence-electron chi connectivity index (χ0n) is 17.6. The monoisotopic (exact) mass is 413 g/mol. The minimum Gasteiger partial charge on any atom is -0.497 e. The summed E-state index contributed by atoms with van der Waals surface area (Å²) >= 11 is 1.51. The first-order valence-corrected chi connectivity index (χ1v) is 10.2. The van der Waals surface area contributed by atoms with Crippen LogP contribution >= 0.6 is 11.3 Å². The molecule has 0 aliphatic rings. The molecule has 1 aromatic carbocycles. The Hall–Kier alpha value is -2.64. The normalized spacial score (nSPS) is 10.9. The van der Waals surface area contributed by atoms with E-state index in [0.717, 1.165) is 37.8 Å². The summed E-state index contributed by atoms with van der Waals surface area (Å²) in [6.07, 6.45) is 0. The van der Waals surface area contributed by atoms with Crippen molar-refractivity contribution >= 4 is 34.0 Å². The lowest BCUT2D eigenvalue weighted by atomic mass is 10.1. The third kappa shape index (κ3) is 4.86. The van der Waals surface area contributed by atoms with Gasteiger partial charge >= 0.3 is 0 Å². The van der Waals surface area contributed by atoms with Crippen LogP contribution in [0.25, 0.3) is 10.9 Å². The van der Waals surface area contributed by atoms with E-state index in [4.69, 9.17) is 14.5 Å². The molecule has 3 rings (SSSR count). The number of aromatic nitrogens is 1. The summed E-state index contributed by atoms with van der Waals surface area (Å²) in [5.41, 5.74) is 1.85. The fourth-order valence-electron chi connectivity index (χ4n) is 3.18. The average Bonchev–Trinajstić information content (AvgIpc) is 3.15. The van der Waals surface area contributed by atoms with Crippen molar-refractivity contribution < 1.29 is 14.3 Å². The van der Waals surface area contributed by atoms with Gasteiger partial charge in [0.05, 0.1) is 24.1 Å². The van der Waals surface area contributed by atoms with Gasteiger partial charge in [-0.1, -0.05) is 0 Å². The molecule has 0 aliphatic carbocycles. The molecule has 2 heterocycles. The maximum absolute atomic E-state index is 13.1. The highest BCUT2D eigenvalue weighted by Gasteiger charge is 2.20. The van der Waals surface area contributed by atoms with Crippen LogP contribution in [-0.4, -0.2) is 57.3 Å². The van der Waals surface area contributed by atoms with Crippen molar-refractivity contribution in [1.29, 1.82) is 0 Å². The summed E-state index contributed by atoms with van der Waals surface area (Å²) in [5.74, 6) is 1.62. The number of fused-ring (bicyclic) bond motifs is 1. The number of benzene rings is 1. The Labute approximate surface area is 175 Å². The lowest BCUT2D eigenvalue weighted by molar-refractivity contribution is 0.0685. The van der Waals surface area contributed by atoms with E-state index in [-0.39, 0.29) is 5.91 Å². The number of rotatable bonds is 8. The molecule has 0 aliphatic heterocycles. The quantitative estimate of drug-likeness (QED) is 0.559. The predicted octanol–water partition coefficient (Wildman–Crippen LogP) is 3.97. The number of hydrogen-bond donors (Lipinski definition) is 0. The zero-order valence-corrected chi connectivity index (χ0v) is 18.4. The Morgan fingerprint density at radius 1 is 1.14 bits per heavy atom. The molecule has 0 unspecified atom stereocenters. The molecule has 0 N–H and O–H groups in total. The first-order valence-electron chi connectivity index (χ1n) is 9.42. The Morgan fingerprint density at radius 2 is 1.93 bits per heavy atom. The first kappa shape index (κ1) is 21.1. The van der Waals surface area contributed by atoms with E-state index < -0.39 is 0 Å². The van der Waals surface area contributed by atoms with E-state index >= 15 is 0 Å². The van der Waals surface area contributed by atoms with Crippen molar-refractivity contribution in [2.45, 2.75) is 13.5 Å². The maximum Gasteiger partial charge on any atom is 0.264 e. The van der Waals surface area contributed by atoms with E-state index in [1.165, 1.54) is 11.3 Å². The molecule has 154 valence electrons. The van der Waals surface area contributed by atoms with Gasteiger partial charge in [-0.3, -0.25) is 4.79 Å². The number of hydrogen-bond acceptors (Lipinski definition) is 6. The van der Waals surface area contributed by atoms with Crippen molar-refractivity contribution in [3.63, 3.8) is 0 Å². The summed E-state index contributed by atoms with van der Waals surface area (Å²) in [5, 5.41) is 1.01. The Morgan fingerprint density at radius 3 is 2.55 bits per heavy atom. The first-order chi connectivity index (χ1) is 13.9. The second-order valence-electron chi connectivity index (χ2n) is 7.05. The average molecular weight is 414 g/mol. The van der Waals surface area contributed by atoms with Gasteiger partial charge < -0.3 is 19.3 Å². The summed E-state index contributed by atoms with van der Waals surface area (Å²) in [6, 6.07) is 11.8.